The van der Waals surface area contributed by atoms with E-state index in [1.54, 1.807) is 48.4 Å². The van der Waals surface area contributed by atoms with Crippen molar-refractivity contribution in [3.05, 3.63) is 54.6 Å². The largest absolute Gasteiger partial charge is 0.434 e. The summed E-state index contributed by atoms with van der Waals surface area (Å²) in [5.74, 6) is -0.00307. The lowest BCUT2D eigenvalue weighted by molar-refractivity contribution is -0.0494. The zero-order valence-corrected chi connectivity index (χ0v) is 16.8. The highest BCUT2D eigenvalue weighted by Crippen LogP contribution is 2.38. The van der Waals surface area contributed by atoms with Crippen LogP contribution in [0, 0.1) is 0 Å². The molecule has 3 heterocycles. The quantitative estimate of drug-likeness (QED) is 0.341. The lowest BCUT2D eigenvalue weighted by Gasteiger charge is -2.15. The topological polar surface area (TPSA) is 89.5 Å². The summed E-state index contributed by atoms with van der Waals surface area (Å²) in [6, 6.07) is 6.63. The van der Waals surface area contributed by atoms with Crippen molar-refractivity contribution >= 4 is 23.1 Å². The minimum Gasteiger partial charge on any atom is -0.434 e. The number of nitrogens with one attached hydrogen (secondary N) is 1. The standard InChI is InChI=1S/C19H18F2N6O2S/c1-26-10-14(24-18(28)13-9-23-27-7-3-6-22-17(13)27)16(25-26)12-8-11(30-2)4-5-15(12)29-19(20)21/h3-10,18-19,24,28H,1-2H3. The normalized spacial score (nSPS) is 12.5. The fourth-order valence-corrected chi connectivity index (χ4v) is 3.52. The minimum atomic E-state index is -2.97. The Morgan fingerprint density at radius 3 is 2.90 bits per heavy atom. The van der Waals surface area contributed by atoms with Crippen molar-refractivity contribution in [3.63, 3.8) is 0 Å². The summed E-state index contributed by atoms with van der Waals surface area (Å²) in [7, 11) is 1.70. The molecule has 0 fully saturated rings. The predicted octanol–water partition coefficient (Wildman–Crippen LogP) is 3.56. The molecule has 0 radical (unpaired) electrons. The van der Waals surface area contributed by atoms with Gasteiger partial charge in [-0.1, -0.05) is 0 Å². The summed E-state index contributed by atoms with van der Waals surface area (Å²) in [5, 5.41) is 22.3. The number of halogens is 2. The molecule has 0 spiro atoms. The smallest absolute Gasteiger partial charge is 0.387 e. The molecule has 0 saturated carbocycles. The molecule has 1 unspecified atom stereocenters. The number of anilines is 1. The molecule has 0 bridgehead atoms. The maximum absolute atomic E-state index is 12.9. The molecule has 0 aliphatic rings. The van der Waals surface area contributed by atoms with Crippen LogP contribution in [0.25, 0.3) is 16.9 Å². The van der Waals surface area contributed by atoms with Crippen molar-refractivity contribution in [2.45, 2.75) is 17.7 Å². The molecule has 30 heavy (non-hydrogen) atoms. The van der Waals surface area contributed by atoms with Crippen molar-refractivity contribution in [2.75, 3.05) is 11.6 Å². The Labute approximate surface area is 174 Å². The van der Waals surface area contributed by atoms with Gasteiger partial charge in [0.05, 0.1) is 17.4 Å². The number of aliphatic hydroxyl groups is 1. The molecular formula is C19H18F2N6O2S. The molecule has 0 saturated heterocycles. The molecule has 4 aromatic rings. The summed E-state index contributed by atoms with van der Waals surface area (Å²) >= 11 is 1.46. The number of hydrogen-bond acceptors (Lipinski definition) is 7. The van der Waals surface area contributed by atoms with Crippen molar-refractivity contribution in [1.82, 2.24) is 24.4 Å². The van der Waals surface area contributed by atoms with E-state index in [1.807, 2.05) is 6.26 Å². The average molecular weight is 432 g/mol. The van der Waals surface area contributed by atoms with Crippen LogP contribution in [-0.4, -0.2) is 42.4 Å². The highest BCUT2D eigenvalue weighted by atomic mass is 32.2. The van der Waals surface area contributed by atoms with Crippen molar-refractivity contribution in [1.29, 1.82) is 0 Å². The SMILES string of the molecule is CSc1ccc(OC(F)F)c(-c2nn(C)cc2NC(O)c2cnn3cccnc23)c1. The Balaban J connectivity index is 1.73. The number of ether oxygens (including phenoxy) is 1. The highest BCUT2D eigenvalue weighted by Gasteiger charge is 2.21. The first-order valence-electron chi connectivity index (χ1n) is 8.86. The summed E-state index contributed by atoms with van der Waals surface area (Å²) in [6.07, 6.45) is 7.21. The molecule has 0 aliphatic carbocycles. The number of alkyl halides is 2. The van der Waals surface area contributed by atoms with Crippen LogP contribution in [0.2, 0.25) is 0 Å². The number of rotatable bonds is 7. The van der Waals surface area contributed by atoms with E-state index in [1.165, 1.54) is 28.7 Å². The third-order valence-corrected chi connectivity index (χ3v) is 5.11. The number of aryl methyl sites for hydroxylation is 1. The second-order valence-corrected chi connectivity index (χ2v) is 7.22. The molecule has 156 valence electrons. The molecule has 3 aromatic heterocycles. The van der Waals surface area contributed by atoms with Gasteiger partial charge in [-0.2, -0.15) is 19.0 Å². The summed E-state index contributed by atoms with van der Waals surface area (Å²) in [5.41, 5.74) is 2.15. The second kappa shape index (κ2) is 8.28. The predicted molar refractivity (Wildman–Crippen MR) is 109 cm³/mol. The third-order valence-electron chi connectivity index (χ3n) is 4.38. The molecule has 1 aromatic carbocycles. The highest BCUT2D eigenvalue weighted by molar-refractivity contribution is 7.98. The summed E-state index contributed by atoms with van der Waals surface area (Å²) < 4.78 is 33.6. The van der Waals surface area contributed by atoms with E-state index in [0.717, 1.165) is 4.90 Å². The fourth-order valence-electron chi connectivity index (χ4n) is 3.08. The lowest BCUT2D eigenvalue weighted by atomic mass is 10.1. The third kappa shape index (κ3) is 3.94. The number of aromatic nitrogens is 5. The van der Waals surface area contributed by atoms with Gasteiger partial charge in [-0.05, 0) is 30.5 Å². The van der Waals surface area contributed by atoms with Crippen LogP contribution >= 0.6 is 11.8 Å². The Morgan fingerprint density at radius 1 is 1.30 bits per heavy atom. The minimum absolute atomic E-state index is 0.00307. The Kier molecular flexibility index (Phi) is 5.55. The van der Waals surface area contributed by atoms with Gasteiger partial charge in [0.25, 0.3) is 0 Å². The number of fused-ring (bicyclic) bond motifs is 1. The Bertz CT molecular complexity index is 1180. The van der Waals surface area contributed by atoms with Crippen molar-refractivity contribution in [2.24, 2.45) is 7.05 Å². The van der Waals surface area contributed by atoms with E-state index in [-0.39, 0.29) is 5.75 Å². The fraction of sp³-hybridized carbons (Fsp3) is 0.211. The van der Waals surface area contributed by atoms with E-state index in [0.29, 0.717) is 28.2 Å². The van der Waals surface area contributed by atoms with Gasteiger partial charge in [0.15, 0.2) is 11.9 Å². The van der Waals surface area contributed by atoms with Gasteiger partial charge in [-0.15, -0.1) is 11.8 Å². The van der Waals surface area contributed by atoms with Gasteiger partial charge in [0.2, 0.25) is 0 Å². The van der Waals surface area contributed by atoms with Gasteiger partial charge in [-0.3, -0.25) is 4.68 Å². The zero-order chi connectivity index (χ0) is 21.3. The van der Waals surface area contributed by atoms with Crippen LogP contribution in [0.4, 0.5) is 14.5 Å². The van der Waals surface area contributed by atoms with Crippen LogP contribution in [0.5, 0.6) is 5.75 Å². The zero-order valence-electron chi connectivity index (χ0n) is 16.0. The van der Waals surface area contributed by atoms with Gasteiger partial charge in [0, 0.05) is 36.1 Å². The van der Waals surface area contributed by atoms with Gasteiger partial charge in [0.1, 0.15) is 11.4 Å². The van der Waals surface area contributed by atoms with Crippen LogP contribution in [-0.2, 0) is 7.05 Å². The van der Waals surface area contributed by atoms with E-state index >= 15 is 0 Å². The molecule has 0 amide bonds. The van der Waals surface area contributed by atoms with Gasteiger partial charge < -0.3 is 15.2 Å². The van der Waals surface area contributed by atoms with Gasteiger partial charge in [-0.25, -0.2) is 9.50 Å². The summed E-state index contributed by atoms with van der Waals surface area (Å²) in [6.45, 7) is -2.97. The van der Waals surface area contributed by atoms with E-state index in [2.05, 4.69) is 20.5 Å². The van der Waals surface area contributed by atoms with Crippen molar-refractivity contribution < 1.29 is 18.6 Å². The molecule has 1 atom stereocenters. The number of aliphatic hydroxyl groups excluding tert-OH is 1. The Morgan fingerprint density at radius 2 is 2.13 bits per heavy atom. The molecule has 0 aliphatic heterocycles. The average Bonchev–Trinajstić information content (AvgIpc) is 3.31. The van der Waals surface area contributed by atoms with Crippen molar-refractivity contribution in [3.8, 4) is 17.0 Å². The molecule has 4 rings (SSSR count). The molecule has 11 heteroatoms. The summed E-state index contributed by atoms with van der Waals surface area (Å²) in [4.78, 5) is 5.09. The van der Waals surface area contributed by atoms with Gasteiger partial charge >= 0.3 is 6.61 Å². The first-order valence-corrected chi connectivity index (χ1v) is 10.1. The maximum atomic E-state index is 12.9. The number of nitrogens with zero attached hydrogens (tertiary/aromatic N) is 5. The Hall–Kier alpha value is -3.18. The van der Waals surface area contributed by atoms with E-state index < -0.39 is 12.8 Å². The van der Waals surface area contributed by atoms with E-state index in [4.69, 9.17) is 4.74 Å². The maximum Gasteiger partial charge on any atom is 0.387 e. The first-order chi connectivity index (χ1) is 14.5. The monoisotopic (exact) mass is 432 g/mol. The molecule has 2 N–H and O–H groups in total. The number of hydrogen-bond donors (Lipinski definition) is 2. The molecular weight excluding hydrogens is 414 g/mol. The van der Waals surface area contributed by atoms with Crippen LogP contribution in [0.3, 0.4) is 0 Å². The lowest BCUT2D eigenvalue weighted by Crippen LogP contribution is -2.10. The van der Waals surface area contributed by atoms with Crippen LogP contribution < -0.4 is 10.1 Å². The number of thioether (sulfide) groups is 1. The second-order valence-electron chi connectivity index (χ2n) is 6.34. The van der Waals surface area contributed by atoms with Crippen LogP contribution in [0.15, 0.2) is 53.9 Å². The van der Waals surface area contributed by atoms with E-state index in [9.17, 15) is 13.9 Å². The van der Waals surface area contributed by atoms with Crippen LogP contribution in [0.1, 0.15) is 11.8 Å². The first kappa shape index (κ1) is 20.1. The number of benzene rings is 1. The molecule has 8 nitrogen and oxygen atoms in total.